The van der Waals surface area contributed by atoms with Gasteiger partial charge in [-0.3, -0.25) is 5.01 Å². The number of hydrazine groups is 1. The summed E-state index contributed by atoms with van der Waals surface area (Å²) in [6.45, 7) is 3.34. The lowest BCUT2D eigenvalue weighted by Crippen LogP contribution is -2.51. The molecule has 0 aliphatic carbocycles. The smallest absolute Gasteiger partial charge is 0.162 e. The van der Waals surface area contributed by atoms with Crippen molar-refractivity contribution in [2.75, 3.05) is 35.4 Å². The van der Waals surface area contributed by atoms with Crippen molar-refractivity contribution < 1.29 is 14.9 Å². The summed E-state index contributed by atoms with van der Waals surface area (Å²) in [5, 5.41) is 22.4. The fourth-order valence-corrected chi connectivity index (χ4v) is 3.94. The van der Waals surface area contributed by atoms with E-state index in [4.69, 9.17) is 21.9 Å². The molecule has 0 amide bonds. The van der Waals surface area contributed by atoms with Gasteiger partial charge in [0.1, 0.15) is 30.9 Å². The van der Waals surface area contributed by atoms with Gasteiger partial charge in [-0.25, -0.2) is 15.4 Å². The molecule has 1 aromatic heterocycles. The molecule has 3 unspecified atom stereocenters. The Bertz CT molecular complexity index is 666. The van der Waals surface area contributed by atoms with Crippen molar-refractivity contribution in [2.24, 2.45) is 11.5 Å². The second kappa shape index (κ2) is 9.83. The van der Waals surface area contributed by atoms with Crippen LogP contribution in [0.25, 0.3) is 0 Å². The monoisotopic (exact) mass is 410 g/mol. The largest absolute Gasteiger partial charge is 0.388 e. The van der Waals surface area contributed by atoms with Crippen molar-refractivity contribution in [1.29, 1.82) is 0 Å². The molecule has 2 aliphatic rings. The Labute approximate surface area is 171 Å². The molecule has 29 heavy (non-hydrogen) atoms. The first kappa shape index (κ1) is 21.9. The third kappa shape index (κ3) is 4.71. The van der Waals surface area contributed by atoms with E-state index in [1.165, 1.54) is 6.33 Å². The number of nitrogens with two attached hydrogens (primary N) is 3. The number of fused-ring (bicyclic) bond motifs is 1. The SMILES string of the molecule is C[C@H]1O[C@@H](N2CN(NC(CCN)CCCCCN)c3c(N)ncnc32)C(O)C1O. The Balaban J connectivity index is 1.76. The molecule has 0 saturated carbocycles. The van der Waals surface area contributed by atoms with E-state index < -0.39 is 24.5 Å². The minimum Gasteiger partial charge on any atom is -0.388 e. The lowest BCUT2D eigenvalue weighted by molar-refractivity contribution is 0.0149. The number of unbranched alkanes of at least 4 members (excludes halogenated alkanes) is 2. The van der Waals surface area contributed by atoms with Crippen LogP contribution in [0.3, 0.4) is 0 Å². The average Bonchev–Trinajstić information content (AvgIpc) is 3.18. The number of ether oxygens (including phenoxy) is 1. The predicted octanol–water partition coefficient (Wildman–Crippen LogP) is -1.15. The minimum atomic E-state index is -1.05. The van der Waals surface area contributed by atoms with Crippen molar-refractivity contribution in [3.63, 3.8) is 0 Å². The topological polar surface area (TPSA) is 172 Å². The highest BCUT2D eigenvalue weighted by Crippen LogP contribution is 2.40. The van der Waals surface area contributed by atoms with Crippen LogP contribution in [0.4, 0.5) is 17.3 Å². The van der Waals surface area contributed by atoms with Gasteiger partial charge in [-0.2, -0.15) is 0 Å². The molecule has 0 bridgehead atoms. The normalized spacial score (nSPS) is 27.5. The highest BCUT2D eigenvalue weighted by molar-refractivity contribution is 5.81. The summed E-state index contributed by atoms with van der Waals surface area (Å²) in [7, 11) is 0. The van der Waals surface area contributed by atoms with Crippen LogP contribution in [0.15, 0.2) is 6.33 Å². The van der Waals surface area contributed by atoms with Gasteiger partial charge in [-0.1, -0.05) is 12.8 Å². The summed E-state index contributed by atoms with van der Waals surface area (Å²) in [6, 6.07) is 0.157. The number of aliphatic hydroxyl groups is 2. The van der Waals surface area contributed by atoms with Gasteiger partial charge in [0.15, 0.2) is 17.9 Å². The maximum Gasteiger partial charge on any atom is 0.162 e. The molecule has 1 aromatic rings. The van der Waals surface area contributed by atoms with Crippen LogP contribution in [0, 0.1) is 0 Å². The second-order valence-electron chi connectivity index (χ2n) is 7.72. The molecule has 11 nitrogen and oxygen atoms in total. The zero-order valence-corrected chi connectivity index (χ0v) is 16.9. The number of aromatic nitrogens is 2. The highest BCUT2D eigenvalue weighted by atomic mass is 16.6. The maximum absolute atomic E-state index is 10.4. The van der Waals surface area contributed by atoms with Crippen molar-refractivity contribution in [2.45, 2.75) is 69.6 Å². The standard InChI is InChI=1S/C18H34N8O3/c1-11-14(27)15(28)18(29-11)25-10-26(13-16(21)22-9-23-17(13)25)24-12(6-8-20)5-3-2-4-7-19/h9,11-12,14-15,18,24,27-28H,2-8,10,19-20H2,1H3,(H2,21,22,23)/t11-,12?,14?,15?,18-/m1/s1. The van der Waals surface area contributed by atoms with Gasteiger partial charge in [0.2, 0.25) is 0 Å². The van der Waals surface area contributed by atoms with Crippen LogP contribution >= 0.6 is 0 Å². The molecule has 3 heterocycles. The molecule has 3 rings (SSSR count). The molecule has 1 saturated heterocycles. The van der Waals surface area contributed by atoms with Crippen molar-refractivity contribution in [3.05, 3.63) is 6.33 Å². The van der Waals surface area contributed by atoms with Gasteiger partial charge in [0, 0.05) is 6.04 Å². The van der Waals surface area contributed by atoms with E-state index in [9.17, 15) is 10.2 Å². The lowest BCUT2D eigenvalue weighted by Gasteiger charge is -2.30. The molecular formula is C18H34N8O3. The second-order valence-corrected chi connectivity index (χ2v) is 7.72. The van der Waals surface area contributed by atoms with Crippen molar-refractivity contribution >= 4 is 17.3 Å². The van der Waals surface area contributed by atoms with Crippen LogP contribution in [-0.4, -0.2) is 70.5 Å². The van der Waals surface area contributed by atoms with E-state index in [1.807, 2.05) is 5.01 Å². The maximum atomic E-state index is 10.4. The summed E-state index contributed by atoms with van der Waals surface area (Å²) >= 11 is 0. The Morgan fingerprint density at radius 1 is 1.17 bits per heavy atom. The van der Waals surface area contributed by atoms with Crippen LogP contribution < -0.4 is 32.5 Å². The zero-order valence-electron chi connectivity index (χ0n) is 16.9. The Morgan fingerprint density at radius 3 is 2.62 bits per heavy atom. The first-order valence-corrected chi connectivity index (χ1v) is 10.3. The molecular weight excluding hydrogens is 376 g/mol. The fourth-order valence-electron chi connectivity index (χ4n) is 3.94. The van der Waals surface area contributed by atoms with Gasteiger partial charge in [-0.15, -0.1) is 0 Å². The van der Waals surface area contributed by atoms with E-state index in [0.717, 1.165) is 32.1 Å². The Kier molecular flexibility index (Phi) is 7.44. The van der Waals surface area contributed by atoms with Crippen molar-refractivity contribution in [3.8, 4) is 0 Å². The number of nitrogens with one attached hydrogen (secondary N) is 1. The van der Waals surface area contributed by atoms with Crippen LogP contribution in [-0.2, 0) is 4.74 Å². The third-order valence-electron chi connectivity index (χ3n) is 5.56. The third-order valence-corrected chi connectivity index (χ3v) is 5.56. The first-order chi connectivity index (χ1) is 14.0. The number of aliphatic hydroxyl groups excluding tert-OH is 2. The summed E-state index contributed by atoms with van der Waals surface area (Å²) in [5.74, 6) is 0.894. The van der Waals surface area contributed by atoms with E-state index >= 15 is 0 Å². The number of nitrogen functional groups attached to an aromatic ring is 1. The average molecular weight is 411 g/mol. The van der Waals surface area contributed by atoms with Crippen LogP contribution in [0.2, 0.25) is 0 Å². The molecule has 2 aliphatic heterocycles. The Hall–Kier alpha value is -1.76. The lowest BCUT2D eigenvalue weighted by atomic mass is 10.1. The van der Waals surface area contributed by atoms with E-state index in [2.05, 4.69) is 15.4 Å². The minimum absolute atomic E-state index is 0.157. The zero-order chi connectivity index (χ0) is 21.0. The highest BCUT2D eigenvalue weighted by Gasteiger charge is 2.47. The van der Waals surface area contributed by atoms with E-state index in [-0.39, 0.29) is 6.04 Å². The molecule has 1 fully saturated rings. The van der Waals surface area contributed by atoms with Crippen molar-refractivity contribution in [1.82, 2.24) is 15.4 Å². The number of hydrogen-bond acceptors (Lipinski definition) is 11. The van der Waals surface area contributed by atoms with E-state index in [0.29, 0.717) is 37.1 Å². The van der Waals surface area contributed by atoms with Gasteiger partial charge in [0.25, 0.3) is 0 Å². The molecule has 11 heteroatoms. The fraction of sp³-hybridized carbons (Fsp3) is 0.778. The molecule has 0 spiro atoms. The van der Waals surface area contributed by atoms with Gasteiger partial charge in [0.05, 0.1) is 6.10 Å². The van der Waals surface area contributed by atoms with E-state index in [1.54, 1.807) is 11.8 Å². The summed E-state index contributed by atoms with van der Waals surface area (Å²) in [5.41, 5.74) is 21.7. The quantitative estimate of drug-likeness (QED) is 0.257. The molecule has 5 atom stereocenters. The number of nitrogens with zero attached hydrogens (tertiary/aromatic N) is 4. The van der Waals surface area contributed by atoms with Gasteiger partial charge >= 0.3 is 0 Å². The Morgan fingerprint density at radius 2 is 1.97 bits per heavy atom. The number of hydrogen-bond donors (Lipinski definition) is 6. The first-order valence-electron chi connectivity index (χ1n) is 10.3. The van der Waals surface area contributed by atoms with Gasteiger partial charge in [-0.05, 0) is 39.3 Å². The van der Waals surface area contributed by atoms with Crippen LogP contribution in [0.5, 0.6) is 0 Å². The molecule has 164 valence electrons. The predicted molar refractivity (Wildman–Crippen MR) is 111 cm³/mol. The van der Waals surface area contributed by atoms with Crippen LogP contribution in [0.1, 0.15) is 39.0 Å². The molecule has 0 aromatic carbocycles. The molecule has 0 radical (unpaired) electrons. The summed E-state index contributed by atoms with van der Waals surface area (Å²) in [4.78, 5) is 10.3. The molecule has 9 N–H and O–H groups in total. The van der Waals surface area contributed by atoms with Gasteiger partial charge < -0.3 is 37.1 Å². The summed E-state index contributed by atoms with van der Waals surface area (Å²) < 4.78 is 5.80. The number of rotatable bonds is 10. The number of anilines is 3. The summed E-state index contributed by atoms with van der Waals surface area (Å²) in [6.07, 6.45) is 3.06.